The Labute approximate surface area is 95.7 Å². The first-order chi connectivity index (χ1) is 7.26. The van der Waals surface area contributed by atoms with Crippen molar-refractivity contribution in [3.05, 3.63) is 0 Å². The Kier molecular flexibility index (Phi) is 4.31. The molecule has 1 saturated carbocycles. The van der Waals surface area contributed by atoms with Gasteiger partial charge in [0.05, 0.1) is 17.8 Å². The highest BCUT2D eigenvalue weighted by atomic mass is 16.5. The Balaban J connectivity index is 2.71. The highest BCUT2D eigenvalue weighted by Gasteiger charge is 2.43. The van der Waals surface area contributed by atoms with Gasteiger partial charge in [-0.15, -0.1) is 0 Å². The fraction of sp³-hybridized carbons (Fsp3) is 1.00. The molecule has 5 heteroatoms. The van der Waals surface area contributed by atoms with Crippen LogP contribution in [0.4, 0.5) is 0 Å². The van der Waals surface area contributed by atoms with Crippen LogP contribution in [0.25, 0.3) is 0 Å². The van der Waals surface area contributed by atoms with Crippen molar-refractivity contribution in [2.75, 3.05) is 6.61 Å². The molecule has 1 aliphatic rings. The van der Waals surface area contributed by atoms with E-state index >= 15 is 0 Å². The zero-order valence-corrected chi connectivity index (χ0v) is 10.00. The van der Waals surface area contributed by atoms with Crippen LogP contribution in [0.15, 0.2) is 0 Å². The van der Waals surface area contributed by atoms with Crippen molar-refractivity contribution in [1.82, 2.24) is 0 Å². The van der Waals surface area contributed by atoms with Crippen LogP contribution in [0.2, 0.25) is 0 Å². The van der Waals surface area contributed by atoms with E-state index in [1.165, 1.54) is 0 Å². The van der Waals surface area contributed by atoms with Crippen molar-refractivity contribution < 1.29 is 25.2 Å². The largest absolute Gasteiger partial charge is 0.396 e. The van der Waals surface area contributed by atoms with E-state index in [-0.39, 0.29) is 6.61 Å². The van der Waals surface area contributed by atoms with E-state index in [1.807, 2.05) is 20.8 Å². The van der Waals surface area contributed by atoms with Crippen molar-refractivity contribution in [2.45, 2.75) is 57.2 Å². The summed E-state index contributed by atoms with van der Waals surface area (Å²) in [5, 5.41) is 38.1. The summed E-state index contributed by atoms with van der Waals surface area (Å²) in [7, 11) is 0. The highest BCUT2D eigenvalue weighted by molar-refractivity contribution is 4.93. The molecule has 0 amide bonds. The summed E-state index contributed by atoms with van der Waals surface area (Å²) in [6, 6.07) is 0. The fourth-order valence-electron chi connectivity index (χ4n) is 2.03. The van der Waals surface area contributed by atoms with E-state index in [1.54, 1.807) is 0 Å². The van der Waals surface area contributed by atoms with Gasteiger partial charge in [0, 0.05) is 12.5 Å². The zero-order chi connectivity index (χ0) is 12.5. The summed E-state index contributed by atoms with van der Waals surface area (Å²) in [5.41, 5.74) is -0.437. The number of hydrogen-bond donors (Lipinski definition) is 4. The standard InChI is InChI=1S/C11H22O5/c1-11(2,3)16-7-4-6(5-12)8(13)10(15)9(7)14/h6-10,12-15H,4-5H2,1-3H3/t6-,7-,8+,9+,10+/m1/s1. The SMILES string of the molecule is CC(C)(C)O[C@@H]1C[C@H](CO)[C@H](O)[C@H](O)[C@H]1O. The first-order valence-corrected chi connectivity index (χ1v) is 5.59. The Morgan fingerprint density at radius 3 is 2.06 bits per heavy atom. The molecule has 0 saturated heterocycles. The average molecular weight is 234 g/mol. The predicted molar refractivity (Wildman–Crippen MR) is 57.8 cm³/mol. The number of rotatable bonds is 2. The molecule has 5 nitrogen and oxygen atoms in total. The maximum absolute atomic E-state index is 9.77. The molecule has 0 aromatic heterocycles. The van der Waals surface area contributed by atoms with E-state index in [2.05, 4.69) is 0 Å². The molecule has 16 heavy (non-hydrogen) atoms. The van der Waals surface area contributed by atoms with Crippen LogP contribution < -0.4 is 0 Å². The van der Waals surface area contributed by atoms with Gasteiger partial charge < -0.3 is 25.2 Å². The number of aliphatic hydroxyl groups excluding tert-OH is 4. The minimum absolute atomic E-state index is 0.227. The van der Waals surface area contributed by atoms with Crippen LogP contribution in [0.1, 0.15) is 27.2 Å². The van der Waals surface area contributed by atoms with Gasteiger partial charge in [-0.1, -0.05) is 0 Å². The van der Waals surface area contributed by atoms with Crippen LogP contribution in [-0.4, -0.2) is 57.0 Å². The summed E-state index contributed by atoms with van der Waals surface area (Å²) < 4.78 is 5.61. The third-order valence-corrected chi connectivity index (χ3v) is 2.84. The van der Waals surface area contributed by atoms with Crippen molar-refractivity contribution in [3.63, 3.8) is 0 Å². The van der Waals surface area contributed by atoms with Gasteiger partial charge in [0.15, 0.2) is 0 Å². The Bertz CT molecular complexity index is 223. The fourth-order valence-corrected chi connectivity index (χ4v) is 2.03. The van der Waals surface area contributed by atoms with Gasteiger partial charge in [0.1, 0.15) is 12.2 Å². The van der Waals surface area contributed by atoms with Gasteiger partial charge in [-0.25, -0.2) is 0 Å². The van der Waals surface area contributed by atoms with Crippen molar-refractivity contribution in [2.24, 2.45) is 5.92 Å². The lowest BCUT2D eigenvalue weighted by molar-refractivity contribution is -0.202. The van der Waals surface area contributed by atoms with Gasteiger partial charge in [-0.05, 0) is 27.2 Å². The highest BCUT2D eigenvalue weighted by Crippen LogP contribution is 2.30. The molecule has 1 rings (SSSR count). The minimum Gasteiger partial charge on any atom is -0.396 e. The first-order valence-electron chi connectivity index (χ1n) is 5.59. The van der Waals surface area contributed by atoms with E-state index in [0.29, 0.717) is 6.42 Å². The van der Waals surface area contributed by atoms with Crippen LogP contribution >= 0.6 is 0 Å². The second-order valence-electron chi connectivity index (χ2n) is 5.42. The molecule has 0 spiro atoms. The molecule has 96 valence electrons. The van der Waals surface area contributed by atoms with Crippen LogP contribution in [-0.2, 0) is 4.74 Å². The first kappa shape index (κ1) is 13.9. The van der Waals surface area contributed by atoms with Gasteiger partial charge in [-0.3, -0.25) is 0 Å². The van der Waals surface area contributed by atoms with Crippen molar-refractivity contribution in [1.29, 1.82) is 0 Å². The van der Waals surface area contributed by atoms with Crippen molar-refractivity contribution >= 4 is 0 Å². The molecule has 0 unspecified atom stereocenters. The summed E-state index contributed by atoms with van der Waals surface area (Å²) in [6.45, 7) is 5.33. The molecule has 0 aliphatic heterocycles. The Morgan fingerprint density at radius 2 is 1.62 bits per heavy atom. The molecule has 1 fully saturated rings. The Hall–Kier alpha value is -0.200. The summed E-state index contributed by atoms with van der Waals surface area (Å²) in [5.74, 6) is -0.453. The summed E-state index contributed by atoms with van der Waals surface area (Å²) in [6.07, 6.45) is -3.70. The van der Waals surface area contributed by atoms with Crippen LogP contribution in [0.3, 0.4) is 0 Å². The smallest absolute Gasteiger partial charge is 0.109 e. The van der Waals surface area contributed by atoms with Gasteiger partial charge in [-0.2, -0.15) is 0 Å². The third-order valence-electron chi connectivity index (χ3n) is 2.84. The molecule has 4 N–H and O–H groups in total. The number of ether oxygens (including phenoxy) is 1. The predicted octanol–water partition coefficient (Wildman–Crippen LogP) is -0.735. The summed E-state index contributed by atoms with van der Waals surface area (Å²) in [4.78, 5) is 0. The molecule has 5 atom stereocenters. The number of hydrogen-bond acceptors (Lipinski definition) is 5. The topological polar surface area (TPSA) is 90.2 Å². The van der Waals surface area contributed by atoms with Gasteiger partial charge >= 0.3 is 0 Å². The average Bonchev–Trinajstić information content (AvgIpc) is 2.17. The lowest BCUT2D eigenvalue weighted by Crippen LogP contribution is -2.56. The molecule has 0 radical (unpaired) electrons. The Morgan fingerprint density at radius 1 is 1.06 bits per heavy atom. The molecular weight excluding hydrogens is 212 g/mol. The maximum atomic E-state index is 9.77. The summed E-state index contributed by atoms with van der Waals surface area (Å²) >= 11 is 0. The monoisotopic (exact) mass is 234 g/mol. The quantitative estimate of drug-likeness (QED) is 0.505. The number of aliphatic hydroxyl groups is 4. The second kappa shape index (κ2) is 4.98. The second-order valence-corrected chi connectivity index (χ2v) is 5.42. The maximum Gasteiger partial charge on any atom is 0.109 e. The zero-order valence-electron chi connectivity index (χ0n) is 10.00. The van der Waals surface area contributed by atoms with Gasteiger partial charge in [0.2, 0.25) is 0 Å². The van der Waals surface area contributed by atoms with E-state index in [4.69, 9.17) is 9.84 Å². The molecular formula is C11H22O5. The molecule has 0 bridgehead atoms. The third kappa shape index (κ3) is 3.15. The van der Waals surface area contributed by atoms with Crippen molar-refractivity contribution in [3.8, 4) is 0 Å². The lowest BCUT2D eigenvalue weighted by atomic mass is 9.81. The van der Waals surface area contributed by atoms with Gasteiger partial charge in [0.25, 0.3) is 0 Å². The molecule has 1 aliphatic carbocycles. The lowest BCUT2D eigenvalue weighted by Gasteiger charge is -2.42. The van der Waals surface area contributed by atoms with Crippen LogP contribution in [0, 0.1) is 5.92 Å². The molecule has 0 heterocycles. The van der Waals surface area contributed by atoms with Crippen LogP contribution in [0.5, 0.6) is 0 Å². The van der Waals surface area contributed by atoms with E-state index in [9.17, 15) is 15.3 Å². The van der Waals surface area contributed by atoms with E-state index in [0.717, 1.165) is 0 Å². The normalized spacial score (nSPS) is 41.1. The molecule has 0 aromatic carbocycles. The molecule has 0 aromatic rings. The van der Waals surface area contributed by atoms with E-state index < -0.39 is 35.9 Å². The minimum atomic E-state index is -1.27.